The molecule has 24 heavy (non-hydrogen) atoms. The highest BCUT2D eigenvalue weighted by Gasteiger charge is 2.39. The maximum absolute atomic E-state index is 6.25. The molecule has 6 heteroatoms. The second kappa shape index (κ2) is 6.96. The van der Waals surface area contributed by atoms with Gasteiger partial charge < -0.3 is 9.15 Å². The molecule has 0 N–H and O–H groups in total. The van der Waals surface area contributed by atoms with E-state index in [4.69, 9.17) is 9.15 Å². The summed E-state index contributed by atoms with van der Waals surface area (Å²) in [7, 11) is 0. The summed E-state index contributed by atoms with van der Waals surface area (Å²) in [6.07, 6.45) is 4.09. The van der Waals surface area contributed by atoms with Crippen LogP contribution >= 0.6 is 11.3 Å². The molecule has 0 saturated carbocycles. The van der Waals surface area contributed by atoms with Gasteiger partial charge >= 0.3 is 0 Å². The number of aromatic nitrogens is 1. The molecule has 1 spiro atoms. The molecule has 0 amide bonds. The summed E-state index contributed by atoms with van der Waals surface area (Å²) in [6.45, 7) is 8.89. The van der Waals surface area contributed by atoms with Crippen LogP contribution in [0.2, 0.25) is 0 Å². The largest absolute Gasteiger partial charge is 0.465 e. The predicted molar refractivity (Wildman–Crippen MR) is 94.0 cm³/mol. The van der Waals surface area contributed by atoms with Gasteiger partial charge in [-0.2, -0.15) is 0 Å². The van der Waals surface area contributed by atoms with Crippen LogP contribution in [-0.4, -0.2) is 53.2 Å². The van der Waals surface area contributed by atoms with E-state index in [1.54, 1.807) is 11.3 Å². The van der Waals surface area contributed by atoms with Crippen molar-refractivity contribution in [2.45, 2.75) is 38.5 Å². The molecule has 4 rings (SSSR count). The number of nitrogens with zero attached hydrogens (tertiary/aromatic N) is 3. The van der Waals surface area contributed by atoms with Gasteiger partial charge in [-0.15, -0.1) is 11.3 Å². The third-order valence-electron chi connectivity index (χ3n) is 5.11. The highest BCUT2D eigenvalue weighted by atomic mass is 32.1. The topological polar surface area (TPSA) is 41.7 Å². The standard InChI is InChI=1S/C18H25N3O2S/c1-15-2-3-16(23-15)12-20-7-4-18(5-8-20)14-21(9-10-22-18)13-17-19-6-11-24-17/h2-3,6,11H,4-5,7-10,12-14H2,1H3. The van der Waals surface area contributed by atoms with Crippen LogP contribution < -0.4 is 0 Å². The molecule has 0 aromatic carbocycles. The van der Waals surface area contributed by atoms with Gasteiger partial charge in [0.25, 0.3) is 0 Å². The number of ether oxygens (including phenoxy) is 1. The summed E-state index contributed by atoms with van der Waals surface area (Å²) in [6, 6.07) is 4.13. The lowest BCUT2D eigenvalue weighted by atomic mass is 9.89. The van der Waals surface area contributed by atoms with E-state index in [0.29, 0.717) is 0 Å². The van der Waals surface area contributed by atoms with Crippen molar-refractivity contribution in [1.82, 2.24) is 14.8 Å². The summed E-state index contributed by atoms with van der Waals surface area (Å²) >= 11 is 1.74. The molecule has 0 unspecified atom stereocenters. The molecule has 2 saturated heterocycles. The summed E-state index contributed by atoms with van der Waals surface area (Å²) in [5, 5.41) is 3.26. The van der Waals surface area contributed by atoms with Crippen LogP contribution in [0.3, 0.4) is 0 Å². The smallest absolute Gasteiger partial charge is 0.118 e. The van der Waals surface area contributed by atoms with Crippen LogP contribution in [0.15, 0.2) is 28.1 Å². The Hall–Kier alpha value is -1.21. The Morgan fingerprint density at radius 3 is 2.75 bits per heavy atom. The number of likely N-dealkylation sites (tertiary alicyclic amines) is 1. The number of thiazole rings is 1. The number of hydrogen-bond donors (Lipinski definition) is 0. The zero-order valence-corrected chi connectivity index (χ0v) is 15.1. The lowest BCUT2D eigenvalue weighted by Gasteiger charge is -2.47. The number of piperidine rings is 1. The first-order valence-electron chi connectivity index (χ1n) is 8.73. The van der Waals surface area contributed by atoms with Crippen molar-refractivity contribution in [2.75, 3.05) is 32.8 Å². The van der Waals surface area contributed by atoms with Crippen LogP contribution in [0, 0.1) is 6.92 Å². The van der Waals surface area contributed by atoms with Crippen molar-refractivity contribution >= 4 is 11.3 Å². The van der Waals surface area contributed by atoms with Crippen molar-refractivity contribution in [1.29, 1.82) is 0 Å². The van der Waals surface area contributed by atoms with Crippen molar-refractivity contribution < 1.29 is 9.15 Å². The lowest BCUT2D eigenvalue weighted by molar-refractivity contribution is -0.138. The molecule has 0 aliphatic carbocycles. The van der Waals surface area contributed by atoms with Crippen molar-refractivity contribution in [2.24, 2.45) is 0 Å². The molecule has 0 atom stereocenters. The van der Waals surface area contributed by atoms with E-state index < -0.39 is 0 Å². The molecule has 2 aliphatic rings. The van der Waals surface area contributed by atoms with Gasteiger partial charge in [-0.25, -0.2) is 4.98 Å². The third-order valence-corrected chi connectivity index (χ3v) is 5.88. The quantitative estimate of drug-likeness (QED) is 0.851. The van der Waals surface area contributed by atoms with Crippen LogP contribution in [0.25, 0.3) is 0 Å². The minimum absolute atomic E-state index is 0.0328. The first-order valence-corrected chi connectivity index (χ1v) is 9.61. The highest BCUT2D eigenvalue weighted by molar-refractivity contribution is 7.09. The van der Waals surface area contributed by atoms with Gasteiger partial charge in [-0.1, -0.05) is 0 Å². The average Bonchev–Trinajstić information content (AvgIpc) is 3.22. The van der Waals surface area contributed by atoms with E-state index in [2.05, 4.69) is 26.2 Å². The minimum Gasteiger partial charge on any atom is -0.465 e. The molecule has 2 aliphatic heterocycles. The third kappa shape index (κ3) is 3.72. The first kappa shape index (κ1) is 16.3. The average molecular weight is 347 g/mol. The normalized spacial score (nSPS) is 22.2. The fraction of sp³-hybridized carbons (Fsp3) is 0.611. The van der Waals surface area contributed by atoms with Gasteiger partial charge in [0.2, 0.25) is 0 Å². The van der Waals surface area contributed by atoms with Crippen LogP contribution in [0.1, 0.15) is 29.4 Å². The van der Waals surface area contributed by atoms with E-state index in [1.165, 1.54) is 5.01 Å². The molecule has 130 valence electrons. The zero-order chi connectivity index (χ0) is 16.4. The summed E-state index contributed by atoms with van der Waals surface area (Å²) in [5.74, 6) is 2.06. The fourth-order valence-electron chi connectivity index (χ4n) is 3.79. The SMILES string of the molecule is Cc1ccc(CN2CCC3(CC2)CN(Cc2nccs2)CCO3)o1. The fourth-order valence-corrected chi connectivity index (χ4v) is 4.45. The van der Waals surface area contributed by atoms with E-state index >= 15 is 0 Å². The van der Waals surface area contributed by atoms with Crippen LogP contribution in [0.5, 0.6) is 0 Å². The van der Waals surface area contributed by atoms with Gasteiger partial charge in [0.15, 0.2) is 0 Å². The molecule has 0 bridgehead atoms. The van der Waals surface area contributed by atoms with Crippen molar-refractivity contribution in [3.8, 4) is 0 Å². The number of morpholine rings is 1. The Morgan fingerprint density at radius 2 is 2.04 bits per heavy atom. The van der Waals surface area contributed by atoms with Gasteiger partial charge in [-0.05, 0) is 31.9 Å². The van der Waals surface area contributed by atoms with Gasteiger partial charge in [0.1, 0.15) is 16.5 Å². The van der Waals surface area contributed by atoms with E-state index in [1.807, 2.05) is 19.2 Å². The molecule has 2 aromatic heterocycles. The molecule has 2 aromatic rings. The first-order chi connectivity index (χ1) is 11.7. The molecule has 5 nitrogen and oxygen atoms in total. The second-order valence-electron chi connectivity index (χ2n) is 6.96. The number of rotatable bonds is 4. The zero-order valence-electron chi connectivity index (χ0n) is 14.2. The Kier molecular flexibility index (Phi) is 4.72. The molecule has 0 radical (unpaired) electrons. The number of aryl methyl sites for hydroxylation is 1. The number of furan rings is 1. The molecule has 2 fully saturated rings. The minimum atomic E-state index is 0.0328. The summed E-state index contributed by atoms with van der Waals surface area (Å²) < 4.78 is 12.0. The van der Waals surface area contributed by atoms with E-state index in [0.717, 1.165) is 70.2 Å². The van der Waals surface area contributed by atoms with Crippen LogP contribution in [-0.2, 0) is 17.8 Å². The van der Waals surface area contributed by atoms with E-state index in [9.17, 15) is 0 Å². The van der Waals surface area contributed by atoms with E-state index in [-0.39, 0.29) is 5.60 Å². The lowest BCUT2D eigenvalue weighted by Crippen LogP contribution is -2.56. The van der Waals surface area contributed by atoms with Gasteiger partial charge in [0, 0.05) is 37.8 Å². The van der Waals surface area contributed by atoms with Crippen molar-refractivity contribution in [3.05, 3.63) is 40.2 Å². The Morgan fingerprint density at radius 1 is 1.17 bits per heavy atom. The molecular formula is C18H25N3O2S. The monoisotopic (exact) mass is 347 g/mol. The predicted octanol–water partition coefficient (Wildman–Crippen LogP) is 2.91. The Balaban J connectivity index is 1.31. The van der Waals surface area contributed by atoms with Gasteiger partial charge in [0.05, 0.1) is 25.3 Å². The maximum atomic E-state index is 6.25. The maximum Gasteiger partial charge on any atom is 0.118 e. The van der Waals surface area contributed by atoms with Crippen molar-refractivity contribution in [3.63, 3.8) is 0 Å². The molecule has 4 heterocycles. The van der Waals surface area contributed by atoms with Crippen LogP contribution in [0.4, 0.5) is 0 Å². The second-order valence-corrected chi connectivity index (χ2v) is 7.94. The summed E-state index contributed by atoms with van der Waals surface area (Å²) in [4.78, 5) is 9.41. The number of hydrogen-bond acceptors (Lipinski definition) is 6. The van der Waals surface area contributed by atoms with Gasteiger partial charge in [-0.3, -0.25) is 9.80 Å². The highest BCUT2D eigenvalue weighted by Crippen LogP contribution is 2.31. The summed E-state index contributed by atoms with van der Waals surface area (Å²) in [5.41, 5.74) is 0.0328. The Labute approximate surface area is 147 Å². The Bertz CT molecular complexity index is 647. The molecular weight excluding hydrogens is 322 g/mol.